The molecular formula is C6H16N2O2S. The average molecular weight is 180 g/mol. The summed E-state index contributed by atoms with van der Waals surface area (Å²) in [7, 11) is -1.91. The predicted molar refractivity (Wildman–Crippen MR) is 45.5 cm³/mol. The third kappa shape index (κ3) is 4.34. The van der Waals surface area contributed by atoms with Gasteiger partial charge in [0.15, 0.2) is 0 Å². The van der Waals surface area contributed by atoms with E-state index in [0.717, 1.165) is 6.42 Å². The second-order valence-electron chi connectivity index (χ2n) is 3.05. The lowest BCUT2D eigenvalue weighted by atomic mass is 10.0. The monoisotopic (exact) mass is 180 g/mol. The van der Waals surface area contributed by atoms with Crippen molar-refractivity contribution in [2.75, 3.05) is 7.05 Å². The van der Waals surface area contributed by atoms with E-state index in [4.69, 9.17) is 0 Å². The minimum atomic E-state index is -3.29. The molecule has 0 fully saturated rings. The Balaban J connectivity index is 4.26. The van der Waals surface area contributed by atoms with Crippen LogP contribution in [0.2, 0.25) is 0 Å². The highest BCUT2D eigenvalue weighted by atomic mass is 32.2. The van der Waals surface area contributed by atoms with Gasteiger partial charge in [-0.25, -0.2) is 4.72 Å². The number of hydrogen-bond donors (Lipinski definition) is 2. The summed E-state index contributed by atoms with van der Waals surface area (Å²) in [6, 6.07) is 0. The Hall–Kier alpha value is -0.130. The van der Waals surface area contributed by atoms with Crippen molar-refractivity contribution >= 4 is 10.2 Å². The Morgan fingerprint density at radius 1 is 1.36 bits per heavy atom. The first kappa shape index (κ1) is 10.9. The molecule has 0 aromatic carbocycles. The van der Waals surface area contributed by atoms with Gasteiger partial charge in [0.25, 0.3) is 10.2 Å². The zero-order valence-electron chi connectivity index (χ0n) is 7.43. The second-order valence-corrected chi connectivity index (χ2v) is 4.67. The molecular weight excluding hydrogens is 164 g/mol. The van der Waals surface area contributed by atoms with Gasteiger partial charge in [0.05, 0.1) is 0 Å². The highest BCUT2D eigenvalue weighted by Gasteiger charge is 2.20. The number of rotatable bonds is 4. The lowest BCUT2D eigenvalue weighted by Gasteiger charge is -2.23. The molecule has 68 valence electrons. The van der Waals surface area contributed by atoms with Gasteiger partial charge < -0.3 is 0 Å². The summed E-state index contributed by atoms with van der Waals surface area (Å²) in [5.74, 6) is 0. The van der Waals surface area contributed by atoms with Crippen molar-refractivity contribution in [3.05, 3.63) is 0 Å². The standard InChI is InChI=1S/C6H16N2O2S/c1-5-6(2,3)8-11(9,10)7-4/h7-8H,5H2,1-4H3. The molecule has 0 radical (unpaired) electrons. The zero-order chi connectivity index (χ0) is 9.12. The van der Waals surface area contributed by atoms with Crippen molar-refractivity contribution in [1.82, 2.24) is 9.44 Å². The molecule has 0 saturated carbocycles. The average Bonchev–Trinajstić information content (AvgIpc) is 1.86. The van der Waals surface area contributed by atoms with Gasteiger partial charge in [-0.2, -0.15) is 13.1 Å². The highest BCUT2D eigenvalue weighted by molar-refractivity contribution is 7.87. The van der Waals surface area contributed by atoms with Crippen molar-refractivity contribution in [2.24, 2.45) is 0 Å². The Morgan fingerprint density at radius 2 is 1.82 bits per heavy atom. The highest BCUT2D eigenvalue weighted by Crippen LogP contribution is 2.07. The summed E-state index contributed by atoms with van der Waals surface area (Å²) in [5.41, 5.74) is -0.373. The third-order valence-electron chi connectivity index (χ3n) is 1.56. The smallest absolute Gasteiger partial charge is 0.205 e. The molecule has 0 spiro atoms. The maximum absolute atomic E-state index is 11.0. The summed E-state index contributed by atoms with van der Waals surface area (Å²) >= 11 is 0. The van der Waals surface area contributed by atoms with Crippen LogP contribution in [0.5, 0.6) is 0 Å². The molecule has 0 heterocycles. The molecule has 4 nitrogen and oxygen atoms in total. The molecule has 0 bridgehead atoms. The third-order valence-corrected chi connectivity index (χ3v) is 2.92. The quantitative estimate of drug-likeness (QED) is 0.650. The van der Waals surface area contributed by atoms with E-state index in [9.17, 15) is 8.42 Å². The fraction of sp³-hybridized carbons (Fsp3) is 1.00. The molecule has 0 saturated heterocycles. The van der Waals surface area contributed by atoms with Crippen LogP contribution in [0.25, 0.3) is 0 Å². The molecule has 5 heteroatoms. The van der Waals surface area contributed by atoms with Crippen LogP contribution in [0.3, 0.4) is 0 Å². The molecule has 0 aromatic rings. The number of nitrogens with one attached hydrogen (secondary N) is 2. The van der Waals surface area contributed by atoms with Gasteiger partial charge in [-0.1, -0.05) is 6.92 Å². The fourth-order valence-electron chi connectivity index (χ4n) is 0.487. The lowest BCUT2D eigenvalue weighted by molar-refractivity contribution is 0.436. The van der Waals surface area contributed by atoms with E-state index in [1.807, 2.05) is 20.8 Å². The number of hydrogen-bond acceptors (Lipinski definition) is 2. The Morgan fingerprint density at radius 3 is 2.09 bits per heavy atom. The van der Waals surface area contributed by atoms with Gasteiger partial charge in [-0.05, 0) is 20.3 Å². The molecule has 11 heavy (non-hydrogen) atoms. The van der Waals surface area contributed by atoms with E-state index in [2.05, 4.69) is 9.44 Å². The topological polar surface area (TPSA) is 58.2 Å². The fourth-order valence-corrected chi connectivity index (χ4v) is 1.46. The Bertz CT molecular complexity index is 209. The molecule has 0 aliphatic carbocycles. The predicted octanol–water partition coefficient (Wildman–Crippen LogP) is 0.229. The Kier molecular flexibility index (Phi) is 3.47. The second kappa shape index (κ2) is 3.51. The van der Waals surface area contributed by atoms with Gasteiger partial charge in [0.2, 0.25) is 0 Å². The summed E-state index contributed by atoms with van der Waals surface area (Å²) in [6.45, 7) is 5.60. The minimum Gasteiger partial charge on any atom is -0.205 e. The van der Waals surface area contributed by atoms with Crippen molar-refractivity contribution in [3.8, 4) is 0 Å². The molecule has 0 unspecified atom stereocenters. The van der Waals surface area contributed by atoms with Crippen molar-refractivity contribution < 1.29 is 8.42 Å². The maximum Gasteiger partial charge on any atom is 0.277 e. The van der Waals surface area contributed by atoms with Crippen LogP contribution in [0.15, 0.2) is 0 Å². The maximum atomic E-state index is 11.0. The molecule has 0 amide bonds. The van der Waals surface area contributed by atoms with E-state index in [1.54, 1.807) is 0 Å². The summed E-state index contributed by atoms with van der Waals surface area (Å²) in [5, 5.41) is 0. The van der Waals surface area contributed by atoms with Crippen LogP contribution in [0.4, 0.5) is 0 Å². The van der Waals surface area contributed by atoms with E-state index in [1.165, 1.54) is 7.05 Å². The molecule has 0 aromatic heterocycles. The van der Waals surface area contributed by atoms with Crippen LogP contribution >= 0.6 is 0 Å². The van der Waals surface area contributed by atoms with E-state index < -0.39 is 10.2 Å². The van der Waals surface area contributed by atoms with Crippen LogP contribution in [0.1, 0.15) is 27.2 Å². The first-order chi connectivity index (χ1) is 4.83. The van der Waals surface area contributed by atoms with E-state index in [0.29, 0.717) is 0 Å². The van der Waals surface area contributed by atoms with Crippen molar-refractivity contribution in [1.29, 1.82) is 0 Å². The van der Waals surface area contributed by atoms with Crippen molar-refractivity contribution in [2.45, 2.75) is 32.7 Å². The van der Waals surface area contributed by atoms with Crippen LogP contribution in [-0.4, -0.2) is 21.0 Å². The first-order valence-electron chi connectivity index (χ1n) is 3.55. The lowest BCUT2D eigenvalue weighted by Crippen LogP contribution is -2.47. The first-order valence-corrected chi connectivity index (χ1v) is 5.04. The summed E-state index contributed by atoms with van der Waals surface area (Å²) in [6.07, 6.45) is 0.758. The summed E-state index contributed by atoms with van der Waals surface area (Å²) in [4.78, 5) is 0. The molecule has 0 atom stereocenters. The van der Waals surface area contributed by atoms with Crippen LogP contribution in [-0.2, 0) is 10.2 Å². The SMILES string of the molecule is CCC(C)(C)NS(=O)(=O)NC. The van der Waals surface area contributed by atoms with E-state index in [-0.39, 0.29) is 5.54 Å². The molecule has 2 N–H and O–H groups in total. The Labute approximate surface area is 68.6 Å². The van der Waals surface area contributed by atoms with Gasteiger partial charge in [0, 0.05) is 12.6 Å². The van der Waals surface area contributed by atoms with Gasteiger partial charge in [0.1, 0.15) is 0 Å². The normalized spacial score (nSPS) is 13.5. The van der Waals surface area contributed by atoms with Gasteiger partial charge in [-0.15, -0.1) is 0 Å². The summed E-state index contributed by atoms with van der Waals surface area (Å²) < 4.78 is 26.6. The molecule has 0 aliphatic heterocycles. The largest absolute Gasteiger partial charge is 0.277 e. The van der Waals surface area contributed by atoms with E-state index >= 15 is 0 Å². The van der Waals surface area contributed by atoms with Crippen LogP contribution < -0.4 is 9.44 Å². The zero-order valence-corrected chi connectivity index (χ0v) is 8.25. The van der Waals surface area contributed by atoms with Crippen molar-refractivity contribution in [3.63, 3.8) is 0 Å². The molecule has 0 rings (SSSR count). The van der Waals surface area contributed by atoms with Gasteiger partial charge in [-0.3, -0.25) is 0 Å². The minimum absolute atomic E-state index is 0.373. The molecule has 0 aliphatic rings. The van der Waals surface area contributed by atoms with Gasteiger partial charge >= 0.3 is 0 Å². The van der Waals surface area contributed by atoms with Crippen LogP contribution in [0, 0.1) is 0 Å².